The molecule has 0 atom stereocenters. The van der Waals surface area contributed by atoms with Gasteiger partial charge in [0, 0.05) is 0 Å². The molecule has 0 saturated carbocycles. The minimum Gasteiger partial charge on any atom is -0.303 e. The van der Waals surface area contributed by atoms with Crippen molar-refractivity contribution in [1.29, 1.82) is 0 Å². The van der Waals surface area contributed by atoms with Crippen molar-refractivity contribution in [3.8, 4) is 0 Å². The summed E-state index contributed by atoms with van der Waals surface area (Å²) < 4.78 is 0. The van der Waals surface area contributed by atoms with Crippen LogP contribution in [0.3, 0.4) is 0 Å². The monoisotopic (exact) mass is 466 g/mol. The van der Waals surface area contributed by atoms with Crippen LogP contribution in [0.15, 0.2) is 0 Å². The largest absolute Gasteiger partial charge is 0.303 e. The van der Waals surface area contributed by atoms with E-state index in [0.29, 0.717) is 0 Å². The molecule has 0 spiro atoms. The maximum atomic E-state index is 2.82. The van der Waals surface area contributed by atoms with Crippen LogP contribution in [-0.2, 0) is 0 Å². The average Bonchev–Trinajstić information content (AvgIpc) is 2.83. The maximum Gasteiger partial charge on any atom is -0.00187 e. The van der Waals surface area contributed by atoms with Gasteiger partial charge in [-0.1, -0.05) is 168 Å². The van der Waals surface area contributed by atoms with E-state index in [0.717, 1.165) is 0 Å². The lowest BCUT2D eigenvalue weighted by molar-refractivity contribution is 0.254. The Balaban J connectivity index is 3.67. The van der Waals surface area contributed by atoms with E-state index in [1.807, 2.05) is 0 Å². The molecule has 0 N–H and O–H groups in total. The van der Waals surface area contributed by atoms with Crippen molar-refractivity contribution >= 4 is 0 Å². The SMILES string of the molecule is CCCCCCCCCCCCCN(CCCCCC)CCCCCCCCCCCCC. The molecule has 1 heteroatoms. The lowest BCUT2D eigenvalue weighted by Crippen LogP contribution is -2.27. The number of hydrogen-bond donors (Lipinski definition) is 0. The van der Waals surface area contributed by atoms with Crippen LogP contribution in [0.5, 0.6) is 0 Å². The van der Waals surface area contributed by atoms with E-state index in [9.17, 15) is 0 Å². The molecule has 0 heterocycles. The van der Waals surface area contributed by atoms with Crippen molar-refractivity contribution in [3.63, 3.8) is 0 Å². The van der Waals surface area contributed by atoms with Crippen LogP contribution in [-0.4, -0.2) is 24.5 Å². The van der Waals surface area contributed by atoms with Gasteiger partial charge in [-0.15, -0.1) is 0 Å². The van der Waals surface area contributed by atoms with E-state index in [2.05, 4.69) is 25.7 Å². The molecule has 0 aromatic heterocycles. The Hall–Kier alpha value is -0.0400. The first kappa shape index (κ1) is 33.0. The molecule has 0 unspecified atom stereocenters. The van der Waals surface area contributed by atoms with Gasteiger partial charge in [0.05, 0.1) is 0 Å². The normalized spacial score (nSPS) is 11.6. The third-order valence-corrected chi connectivity index (χ3v) is 7.48. The molecular weight excluding hydrogens is 398 g/mol. The first-order chi connectivity index (χ1) is 16.3. The van der Waals surface area contributed by atoms with Crippen molar-refractivity contribution in [2.45, 2.75) is 188 Å². The smallest absolute Gasteiger partial charge is 0.00187 e. The Bertz CT molecular complexity index is 300. The summed E-state index contributed by atoms with van der Waals surface area (Å²) in [6, 6.07) is 0. The molecule has 33 heavy (non-hydrogen) atoms. The second kappa shape index (κ2) is 30.0. The predicted octanol–water partition coefficient (Wildman–Crippen LogP) is 11.5. The molecule has 0 aliphatic heterocycles. The summed E-state index contributed by atoms with van der Waals surface area (Å²) in [6.07, 6.45) is 37.7. The predicted molar refractivity (Wildman–Crippen MR) is 154 cm³/mol. The maximum absolute atomic E-state index is 2.82. The Labute approximate surface area is 212 Å². The van der Waals surface area contributed by atoms with E-state index in [-0.39, 0.29) is 0 Å². The number of nitrogens with zero attached hydrogens (tertiary/aromatic N) is 1. The molecule has 0 aliphatic rings. The zero-order valence-electron chi connectivity index (χ0n) is 24.0. The zero-order valence-corrected chi connectivity index (χ0v) is 24.0. The van der Waals surface area contributed by atoms with E-state index in [1.165, 1.54) is 187 Å². The lowest BCUT2D eigenvalue weighted by atomic mass is 10.1. The van der Waals surface area contributed by atoms with E-state index >= 15 is 0 Å². The van der Waals surface area contributed by atoms with Gasteiger partial charge >= 0.3 is 0 Å². The van der Waals surface area contributed by atoms with Crippen LogP contribution in [0.2, 0.25) is 0 Å². The summed E-state index contributed by atoms with van der Waals surface area (Å²) in [7, 11) is 0. The summed E-state index contributed by atoms with van der Waals surface area (Å²) >= 11 is 0. The molecule has 0 aromatic rings. The number of unbranched alkanes of at least 4 members (excludes halogenated alkanes) is 23. The van der Waals surface area contributed by atoms with Gasteiger partial charge in [-0.05, 0) is 38.9 Å². The quantitative estimate of drug-likeness (QED) is 0.0992. The molecule has 0 amide bonds. The Kier molecular flexibility index (Phi) is 30.0. The van der Waals surface area contributed by atoms with Crippen molar-refractivity contribution < 1.29 is 0 Å². The molecule has 0 fully saturated rings. The Morgan fingerprint density at radius 1 is 0.242 bits per heavy atom. The summed E-state index contributed by atoms with van der Waals surface area (Å²) in [4.78, 5) is 2.82. The molecule has 200 valence electrons. The minimum absolute atomic E-state index is 1.36. The fourth-order valence-electron chi connectivity index (χ4n) is 5.10. The van der Waals surface area contributed by atoms with Gasteiger partial charge in [0.2, 0.25) is 0 Å². The van der Waals surface area contributed by atoms with Crippen LogP contribution in [0.1, 0.15) is 188 Å². The van der Waals surface area contributed by atoms with Gasteiger partial charge in [-0.25, -0.2) is 0 Å². The molecule has 0 radical (unpaired) electrons. The molecule has 1 nitrogen and oxygen atoms in total. The van der Waals surface area contributed by atoms with Crippen molar-refractivity contribution in [2.24, 2.45) is 0 Å². The fourth-order valence-corrected chi connectivity index (χ4v) is 5.10. The molecule has 0 rings (SSSR count). The first-order valence-electron chi connectivity index (χ1n) is 16.1. The lowest BCUT2D eigenvalue weighted by Gasteiger charge is -2.22. The Morgan fingerprint density at radius 3 is 0.667 bits per heavy atom. The second-order valence-corrected chi connectivity index (χ2v) is 11.0. The van der Waals surface area contributed by atoms with Crippen LogP contribution < -0.4 is 0 Å². The standard InChI is InChI=1S/C32H67N/c1-4-7-10-13-15-17-19-21-23-25-28-31-33(30-27-12-9-6-3)32-29-26-24-22-20-18-16-14-11-8-5-2/h4-32H2,1-3H3. The number of hydrogen-bond acceptors (Lipinski definition) is 1. The van der Waals surface area contributed by atoms with Gasteiger partial charge in [-0.3, -0.25) is 0 Å². The van der Waals surface area contributed by atoms with Crippen LogP contribution in [0.4, 0.5) is 0 Å². The highest BCUT2D eigenvalue weighted by atomic mass is 15.1. The van der Waals surface area contributed by atoms with Gasteiger partial charge in [0.1, 0.15) is 0 Å². The zero-order chi connectivity index (χ0) is 24.1. The summed E-state index contributed by atoms with van der Waals surface area (Å²) in [5, 5.41) is 0. The second-order valence-electron chi connectivity index (χ2n) is 11.0. The van der Waals surface area contributed by atoms with E-state index < -0.39 is 0 Å². The highest BCUT2D eigenvalue weighted by Gasteiger charge is 2.05. The van der Waals surface area contributed by atoms with Gasteiger partial charge in [0.15, 0.2) is 0 Å². The minimum atomic E-state index is 1.36. The van der Waals surface area contributed by atoms with Gasteiger partial charge < -0.3 is 4.90 Å². The molecule has 0 saturated heterocycles. The van der Waals surface area contributed by atoms with Crippen LogP contribution in [0, 0.1) is 0 Å². The summed E-state index contributed by atoms with van der Waals surface area (Å²) in [5.41, 5.74) is 0. The van der Waals surface area contributed by atoms with Gasteiger partial charge in [0.25, 0.3) is 0 Å². The number of rotatable bonds is 29. The van der Waals surface area contributed by atoms with E-state index in [1.54, 1.807) is 0 Å². The Morgan fingerprint density at radius 2 is 0.424 bits per heavy atom. The highest BCUT2D eigenvalue weighted by molar-refractivity contribution is 4.60. The van der Waals surface area contributed by atoms with Crippen molar-refractivity contribution in [3.05, 3.63) is 0 Å². The van der Waals surface area contributed by atoms with Gasteiger partial charge in [-0.2, -0.15) is 0 Å². The summed E-state index contributed by atoms with van der Waals surface area (Å²) in [6.45, 7) is 11.0. The highest BCUT2D eigenvalue weighted by Crippen LogP contribution is 2.14. The van der Waals surface area contributed by atoms with Crippen LogP contribution in [0.25, 0.3) is 0 Å². The van der Waals surface area contributed by atoms with Crippen LogP contribution >= 0.6 is 0 Å². The van der Waals surface area contributed by atoms with Crippen molar-refractivity contribution in [2.75, 3.05) is 19.6 Å². The molecule has 0 bridgehead atoms. The van der Waals surface area contributed by atoms with Crippen molar-refractivity contribution in [1.82, 2.24) is 4.90 Å². The average molecular weight is 466 g/mol. The first-order valence-corrected chi connectivity index (χ1v) is 16.1. The molecular formula is C32H67N. The molecule has 0 aliphatic carbocycles. The molecule has 0 aromatic carbocycles. The third-order valence-electron chi connectivity index (χ3n) is 7.48. The van der Waals surface area contributed by atoms with E-state index in [4.69, 9.17) is 0 Å². The third kappa shape index (κ3) is 28.1. The topological polar surface area (TPSA) is 3.24 Å². The fraction of sp³-hybridized carbons (Fsp3) is 1.00. The summed E-state index contributed by atoms with van der Waals surface area (Å²) in [5.74, 6) is 0.